The van der Waals surface area contributed by atoms with Crippen molar-refractivity contribution in [3.8, 4) is 11.3 Å². The summed E-state index contributed by atoms with van der Waals surface area (Å²) in [6, 6.07) is 21.6. The molecule has 4 rings (SSSR count). The van der Waals surface area contributed by atoms with E-state index in [1.807, 2.05) is 54.6 Å². The molecule has 1 aliphatic heterocycles. The summed E-state index contributed by atoms with van der Waals surface area (Å²) in [4.78, 5) is 14.8. The highest BCUT2D eigenvalue weighted by atomic mass is 16.1. The lowest BCUT2D eigenvalue weighted by molar-refractivity contribution is 0.0952. The molecule has 0 atom stereocenters. The van der Waals surface area contributed by atoms with Crippen molar-refractivity contribution in [2.45, 2.75) is 25.8 Å². The second-order valence-electron chi connectivity index (χ2n) is 7.88. The Hall–Kier alpha value is -3.25. The van der Waals surface area contributed by atoms with Crippen LogP contribution in [0.3, 0.4) is 0 Å². The van der Waals surface area contributed by atoms with Crippen LogP contribution >= 0.6 is 0 Å². The molecule has 0 aliphatic carbocycles. The van der Waals surface area contributed by atoms with Gasteiger partial charge < -0.3 is 15.5 Å². The Morgan fingerprint density at radius 2 is 1.68 bits per heavy atom. The second-order valence-corrected chi connectivity index (χ2v) is 7.88. The molecule has 0 saturated carbocycles. The zero-order valence-corrected chi connectivity index (χ0v) is 17.8. The van der Waals surface area contributed by atoms with E-state index in [4.69, 9.17) is 0 Å². The Bertz CT molecular complexity index is 951. The summed E-state index contributed by atoms with van der Waals surface area (Å²) in [5.41, 5.74) is 3.58. The number of benzene rings is 2. The van der Waals surface area contributed by atoms with Gasteiger partial charge in [0.25, 0.3) is 5.91 Å². The summed E-state index contributed by atoms with van der Waals surface area (Å²) < 4.78 is 0. The van der Waals surface area contributed by atoms with E-state index in [9.17, 15) is 4.79 Å². The lowest BCUT2D eigenvalue weighted by Crippen LogP contribution is -2.28. The molecular weight excluding hydrogens is 386 g/mol. The summed E-state index contributed by atoms with van der Waals surface area (Å²) in [7, 11) is 0. The Balaban J connectivity index is 1.25. The molecule has 3 aromatic rings. The highest BCUT2D eigenvalue weighted by Crippen LogP contribution is 2.18. The molecule has 1 aliphatic rings. The summed E-state index contributed by atoms with van der Waals surface area (Å²) in [6.45, 7) is 4.87. The lowest BCUT2D eigenvalue weighted by Gasteiger charge is -2.14. The van der Waals surface area contributed by atoms with Crippen LogP contribution in [0.15, 0.2) is 66.7 Å². The highest BCUT2D eigenvalue weighted by Gasteiger charge is 2.11. The molecular formula is C25H29N5O. The van der Waals surface area contributed by atoms with Gasteiger partial charge in [-0.2, -0.15) is 0 Å². The van der Waals surface area contributed by atoms with E-state index in [1.165, 1.54) is 31.5 Å². The number of likely N-dealkylation sites (tertiary alicyclic amines) is 1. The smallest absolute Gasteiger partial charge is 0.251 e. The molecule has 1 saturated heterocycles. The van der Waals surface area contributed by atoms with Gasteiger partial charge in [-0.15, -0.1) is 10.2 Å². The molecule has 2 heterocycles. The van der Waals surface area contributed by atoms with Crippen molar-refractivity contribution in [2.75, 3.05) is 31.5 Å². The molecule has 6 nitrogen and oxygen atoms in total. The number of rotatable bonds is 9. The van der Waals surface area contributed by atoms with Crippen LogP contribution in [0.5, 0.6) is 0 Å². The van der Waals surface area contributed by atoms with Crippen LogP contribution in [0.2, 0.25) is 0 Å². The minimum atomic E-state index is -0.0282. The summed E-state index contributed by atoms with van der Waals surface area (Å²) >= 11 is 0. The van der Waals surface area contributed by atoms with Crippen molar-refractivity contribution in [1.82, 2.24) is 20.4 Å². The van der Waals surface area contributed by atoms with Gasteiger partial charge in [0.2, 0.25) is 0 Å². The second kappa shape index (κ2) is 10.7. The number of amides is 1. The fourth-order valence-electron chi connectivity index (χ4n) is 3.77. The van der Waals surface area contributed by atoms with Crippen molar-refractivity contribution in [1.29, 1.82) is 0 Å². The first-order valence-corrected chi connectivity index (χ1v) is 11.0. The fraction of sp³-hybridized carbons (Fsp3) is 0.320. The maximum Gasteiger partial charge on any atom is 0.251 e. The Kier molecular flexibility index (Phi) is 7.24. The number of carbonyl (C=O) groups excluding carboxylic acids is 1. The molecule has 1 aromatic heterocycles. The number of nitrogens with zero attached hydrogens (tertiary/aromatic N) is 3. The largest absolute Gasteiger partial charge is 0.365 e. The van der Waals surface area contributed by atoms with Gasteiger partial charge in [0, 0.05) is 24.2 Å². The first-order chi connectivity index (χ1) is 15.3. The molecule has 0 radical (unpaired) electrons. The third kappa shape index (κ3) is 6.12. The van der Waals surface area contributed by atoms with Gasteiger partial charge in [-0.3, -0.25) is 4.79 Å². The third-order valence-electron chi connectivity index (χ3n) is 5.56. The van der Waals surface area contributed by atoms with Crippen LogP contribution in [0.25, 0.3) is 11.3 Å². The molecule has 0 bridgehead atoms. The highest BCUT2D eigenvalue weighted by molar-refractivity contribution is 5.94. The molecule has 2 aromatic carbocycles. The molecule has 1 amide bonds. The van der Waals surface area contributed by atoms with Crippen LogP contribution in [-0.4, -0.2) is 47.2 Å². The van der Waals surface area contributed by atoms with E-state index in [0.717, 1.165) is 30.0 Å². The molecule has 160 valence electrons. The first-order valence-electron chi connectivity index (χ1n) is 11.0. The number of anilines is 1. The number of hydrogen-bond donors (Lipinski definition) is 2. The Labute approximate surface area is 183 Å². The molecule has 0 unspecified atom stereocenters. The topological polar surface area (TPSA) is 70.2 Å². The van der Waals surface area contributed by atoms with Crippen LogP contribution < -0.4 is 10.6 Å². The van der Waals surface area contributed by atoms with Crippen LogP contribution in [0.1, 0.15) is 35.2 Å². The van der Waals surface area contributed by atoms with Gasteiger partial charge in [-0.1, -0.05) is 42.5 Å². The minimum Gasteiger partial charge on any atom is -0.365 e. The minimum absolute atomic E-state index is 0.0282. The monoisotopic (exact) mass is 415 g/mol. The quantitative estimate of drug-likeness (QED) is 0.518. The van der Waals surface area contributed by atoms with E-state index < -0.39 is 0 Å². The number of aromatic nitrogens is 2. The lowest BCUT2D eigenvalue weighted by atomic mass is 10.1. The van der Waals surface area contributed by atoms with Crippen molar-refractivity contribution in [2.24, 2.45) is 0 Å². The number of nitrogens with one attached hydrogen (secondary N) is 2. The van der Waals surface area contributed by atoms with E-state index in [1.54, 1.807) is 0 Å². The van der Waals surface area contributed by atoms with E-state index >= 15 is 0 Å². The van der Waals surface area contributed by atoms with E-state index in [0.29, 0.717) is 18.7 Å². The van der Waals surface area contributed by atoms with E-state index in [2.05, 4.69) is 37.9 Å². The number of carbonyl (C=O) groups is 1. The van der Waals surface area contributed by atoms with Crippen molar-refractivity contribution in [3.63, 3.8) is 0 Å². The Morgan fingerprint density at radius 3 is 2.39 bits per heavy atom. The van der Waals surface area contributed by atoms with Crippen LogP contribution in [0, 0.1) is 0 Å². The van der Waals surface area contributed by atoms with Gasteiger partial charge in [0.15, 0.2) is 0 Å². The zero-order valence-electron chi connectivity index (χ0n) is 17.8. The average molecular weight is 416 g/mol. The van der Waals surface area contributed by atoms with Crippen LogP contribution in [0.4, 0.5) is 5.82 Å². The molecule has 1 fully saturated rings. The molecule has 2 N–H and O–H groups in total. The van der Waals surface area contributed by atoms with Crippen LogP contribution in [-0.2, 0) is 6.54 Å². The fourth-order valence-corrected chi connectivity index (χ4v) is 3.77. The normalized spacial score (nSPS) is 13.8. The molecule has 31 heavy (non-hydrogen) atoms. The van der Waals surface area contributed by atoms with E-state index in [-0.39, 0.29) is 5.91 Å². The van der Waals surface area contributed by atoms with Crippen molar-refractivity contribution in [3.05, 3.63) is 77.9 Å². The SMILES string of the molecule is O=C(NCCCN1CCCC1)c1ccc(-c2ccc(NCc3ccccc3)nn2)cc1. The zero-order chi connectivity index (χ0) is 21.3. The first kappa shape index (κ1) is 21.0. The predicted octanol–water partition coefficient (Wildman–Crippen LogP) is 3.97. The summed E-state index contributed by atoms with van der Waals surface area (Å²) in [5.74, 6) is 0.706. The van der Waals surface area contributed by atoms with Crippen molar-refractivity contribution >= 4 is 11.7 Å². The maximum atomic E-state index is 12.4. The van der Waals surface area contributed by atoms with Gasteiger partial charge in [0.05, 0.1) is 5.69 Å². The average Bonchev–Trinajstić information content (AvgIpc) is 3.35. The van der Waals surface area contributed by atoms with Gasteiger partial charge in [-0.25, -0.2) is 0 Å². The molecule has 0 spiro atoms. The standard InChI is InChI=1S/C25H29N5O/c31-25(26-15-6-18-30-16-4-5-17-30)22-11-9-21(10-12-22)23-13-14-24(29-28-23)27-19-20-7-2-1-3-8-20/h1-3,7-14H,4-6,15-19H2,(H,26,31)(H,27,29). The maximum absolute atomic E-state index is 12.4. The Morgan fingerprint density at radius 1 is 0.903 bits per heavy atom. The number of hydrogen-bond acceptors (Lipinski definition) is 5. The summed E-state index contributed by atoms with van der Waals surface area (Å²) in [6.07, 6.45) is 3.59. The third-order valence-corrected chi connectivity index (χ3v) is 5.56. The summed E-state index contributed by atoms with van der Waals surface area (Å²) in [5, 5.41) is 14.9. The van der Waals surface area contributed by atoms with Gasteiger partial charge >= 0.3 is 0 Å². The van der Waals surface area contributed by atoms with Gasteiger partial charge in [-0.05, 0) is 68.7 Å². The van der Waals surface area contributed by atoms with Crippen molar-refractivity contribution < 1.29 is 4.79 Å². The van der Waals surface area contributed by atoms with Gasteiger partial charge in [0.1, 0.15) is 5.82 Å². The molecule has 6 heteroatoms. The predicted molar refractivity (Wildman–Crippen MR) is 124 cm³/mol.